The minimum absolute atomic E-state index is 0.704. The summed E-state index contributed by atoms with van der Waals surface area (Å²) in [7, 11) is 1.67. The fourth-order valence-corrected chi connectivity index (χ4v) is 3.19. The Hall–Kier alpha value is -2.93. The first-order chi connectivity index (χ1) is 13.7. The quantitative estimate of drug-likeness (QED) is 0.584. The van der Waals surface area contributed by atoms with Crippen molar-refractivity contribution in [3.8, 4) is 5.75 Å². The Bertz CT molecular complexity index is 883. The van der Waals surface area contributed by atoms with Crippen LogP contribution >= 0.6 is 12.2 Å². The van der Waals surface area contributed by atoms with Gasteiger partial charge >= 0.3 is 0 Å². The van der Waals surface area contributed by atoms with Crippen molar-refractivity contribution in [2.45, 2.75) is 26.4 Å². The standard InChI is InChI=1S/C21H25N5OS/c1-17-14-19(27-2)4-5-20(17)24-21(28)26(15-18-6-8-22-9-7-18)12-3-11-25-13-10-23-16-25/h4-10,13-14,16H,3,11-12,15H2,1-2H3,(H,24,28). The van der Waals surface area contributed by atoms with Crippen molar-refractivity contribution < 1.29 is 4.74 Å². The summed E-state index contributed by atoms with van der Waals surface area (Å²) in [6.07, 6.45) is 10.2. The number of imidazole rings is 1. The molecule has 0 aliphatic carbocycles. The van der Waals surface area contributed by atoms with E-state index < -0.39 is 0 Å². The van der Waals surface area contributed by atoms with Gasteiger partial charge in [-0.25, -0.2) is 4.98 Å². The van der Waals surface area contributed by atoms with E-state index in [1.807, 2.05) is 62.2 Å². The molecule has 2 heterocycles. The van der Waals surface area contributed by atoms with E-state index >= 15 is 0 Å². The zero-order valence-corrected chi connectivity index (χ0v) is 17.0. The predicted octanol–water partition coefficient (Wildman–Crippen LogP) is 3.88. The SMILES string of the molecule is COc1ccc(NC(=S)N(CCCn2ccnc2)Cc2ccncc2)c(C)c1. The molecule has 0 fully saturated rings. The molecule has 0 spiro atoms. The summed E-state index contributed by atoms with van der Waals surface area (Å²) in [5.74, 6) is 0.836. The molecule has 1 aromatic carbocycles. The van der Waals surface area contributed by atoms with Crippen molar-refractivity contribution in [3.63, 3.8) is 0 Å². The van der Waals surface area contributed by atoms with E-state index in [1.165, 1.54) is 5.56 Å². The third-order valence-corrected chi connectivity index (χ3v) is 4.85. The molecule has 146 valence electrons. The van der Waals surface area contributed by atoms with Crippen molar-refractivity contribution in [3.05, 3.63) is 72.6 Å². The smallest absolute Gasteiger partial charge is 0.173 e. The maximum Gasteiger partial charge on any atom is 0.173 e. The summed E-state index contributed by atoms with van der Waals surface area (Å²) < 4.78 is 7.36. The Morgan fingerprint density at radius 3 is 2.68 bits per heavy atom. The molecule has 0 saturated carbocycles. The van der Waals surface area contributed by atoms with Crippen LogP contribution in [0.2, 0.25) is 0 Å². The van der Waals surface area contributed by atoms with Gasteiger partial charge in [0.15, 0.2) is 5.11 Å². The van der Waals surface area contributed by atoms with Gasteiger partial charge in [0.05, 0.1) is 13.4 Å². The highest BCUT2D eigenvalue weighted by Crippen LogP contribution is 2.21. The van der Waals surface area contributed by atoms with E-state index in [1.54, 1.807) is 13.3 Å². The van der Waals surface area contributed by atoms with Crippen LogP contribution in [0.15, 0.2) is 61.4 Å². The maximum absolute atomic E-state index is 5.74. The van der Waals surface area contributed by atoms with Crippen LogP contribution < -0.4 is 10.1 Å². The molecule has 0 amide bonds. The number of thiocarbonyl (C=S) groups is 1. The molecule has 0 aliphatic rings. The van der Waals surface area contributed by atoms with E-state index in [9.17, 15) is 0 Å². The van der Waals surface area contributed by atoms with Crippen molar-refractivity contribution in [1.29, 1.82) is 0 Å². The van der Waals surface area contributed by atoms with Gasteiger partial charge in [-0.1, -0.05) is 0 Å². The second-order valence-corrected chi connectivity index (χ2v) is 6.93. The summed E-state index contributed by atoms with van der Waals surface area (Å²) >= 11 is 5.74. The van der Waals surface area contributed by atoms with Crippen LogP contribution in [0.4, 0.5) is 5.69 Å². The third-order valence-electron chi connectivity index (χ3n) is 4.49. The van der Waals surface area contributed by atoms with E-state index in [0.29, 0.717) is 5.11 Å². The molecule has 0 bridgehead atoms. The molecular weight excluding hydrogens is 370 g/mol. The van der Waals surface area contributed by atoms with Gasteiger partial charge < -0.3 is 19.5 Å². The van der Waals surface area contributed by atoms with Gasteiger partial charge in [-0.2, -0.15) is 0 Å². The second kappa shape index (κ2) is 9.85. The lowest BCUT2D eigenvalue weighted by Crippen LogP contribution is -2.35. The molecule has 0 radical (unpaired) electrons. The lowest BCUT2D eigenvalue weighted by Gasteiger charge is -2.26. The van der Waals surface area contributed by atoms with Crippen LogP contribution in [0.1, 0.15) is 17.5 Å². The molecule has 0 saturated heterocycles. The molecule has 0 unspecified atom stereocenters. The lowest BCUT2D eigenvalue weighted by molar-refractivity contribution is 0.396. The number of hydrogen-bond donors (Lipinski definition) is 1. The number of aromatic nitrogens is 3. The Balaban J connectivity index is 1.68. The van der Waals surface area contributed by atoms with Crippen LogP contribution in [0.3, 0.4) is 0 Å². The minimum atomic E-state index is 0.704. The van der Waals surface area contributed by atoms with Crippen molar-refractivity contribution in [2.24, 2.45) is 0 Å². The summed E-state index contributed by atoms with van der Waals surface area (Å²) in [6, 6.07) is 9.96. The van der Waals surface area contributed by atoms with Gasteiger partial charge in [-0.3, -0.25) is 4.98 Å². The zero-order valence-electron chi connectivity index (χ0n) is 16.2. The second-order valence-electron chi connectivity index (χ2n) is 6.54. The Labute approximate surface area is 171 Å². The fourth-order valence-electron chi connectivity index (χ4n) is 2.92. The Kier molecular flexibility index (Phi) is 6.97. The Morgan fingerprint density at radius 2 is 2.00 bits per heavy atom. The monoisotopic (exact) mass is 395 g/mol. The number of methoxy groups -OCH3 is 1. The van der Waals surface area contributed by atoms with Crippen molar-refractivity contribution in [1.82, 2.24) is 19.4 Å². The highest BCUT2D eigenvalue weighted by Gasteiger charge is 2.12. The average Bonchev–Trinajstić information content (AvgIpc) is 3.23. The van der Waals surface area contributed by atoms with Crippen molar-refractivity contribution >= 4 is 23.0 Å². The minimum Gasteiger partial charge on any atom is -0.497 e. The summed E-state index contributed by atoms with van der Waals surface area (Å²) in [6.45, 7) is 4.51. The molecule has 3 aromatic rings. The van der Waals surface area contributed by atoms with E-state index in [0.717, 1.165) is 43.1 Å². The maximum atomic E-state index is 5.74. The highest BCUT2D eigenvalue weighted by atomic mass is 32.1. The Morgan fingerprint density at radius 1 is 1.18 bits per heavy atom. The molecule has 2 aromatic heterocycles. The fraction of sp³-hybridized carbons (Fsp3) is 0.286. The number of anilines is 1. The molecule has 0 aliphatic heterocycles. The van der Waals surface area contributed by atoms with Gasteiger partial charge in [-0.05, 0) is 67.0 Å². The first kappa shape index (κ1) is 19.8. The topological polar surface area (TPSA) is 55.2 Å². The van der Waals surface area contributed by atoms with Gasteiger partial charge in [0.2, 0.25) is 0 Å². The van der Waals surface area contributed by atoms with E-state index in [4.69, 9.17) is 17.0 Å². The molecule has 7 heteroatoms. The average molecular weight is 396 g/mol. The molecule has 6 nitrogen and oxygen atoms in total. The number of aryl methyl sites for hydroxylation is 2. The van der Waals surface area contributed by atoms with Crippen LogP contribution in [-0.2, 0) is 13.1 Å². The predicted molar refractivity (Wildman–Crippen MR) is 115 cm³/mol. The number of nitrogens with one attached hydrogen (secondary N) is 1. The number of hydrogen-bond acceptors (Lipinski definition) is 4. The van der Waals surface area contributed by atoms with Crippen LogP contribution in [0, 0.1) is 6.92 Å². The number of nitrogens with zero attached hydrogens (tertiary/aromatic N) is 4. The largest absolute Gasteiger partial charge is 0.497 e. The highest BCUT2D eigenvalue weighted by molar-refractivity contribution is 7.80. The molecule has 28 heavy (non-hydrogen) atoms. The molecule has 1 N–H and O–H groups in total. The summed E-state index contributed by atoms with van der Waals surface area (Å²) in [5.41, 5.74) is 3.25. The van der Waals surface area contributed by atoms with Crippen LogP contribution in [0.5, 0.6) is 5.75 Å². The number of ether oxygens (including phenoxy) is 1. The van der Waals surface area contributed by atoms with Crippen molar-refractivity contribution in [2.75, 3.05) is 19.0 Å². The zero-order chi connectivity index (χ0) is 19.8. The lowest BCUT2D eigenvalue weighted by atomic mass is 10.2. The molecule has 3 rings (SSSR count). The number of rotatable bonds is 8. The summed E-state index contributed by atoms with van der Waals surface area (Å²) in [5, 5.41) is 4.10. The van der Waals surface area contributed by atoms with Gasteiger partial charge in [0, 0.05) is 50.1 Å². The van der Waals surface area contributed by atoms with Gasteiger partial charge in [0.1, 0.15) is 5.75 Å². The van der Waals surface area contributed by atoms with Crippen LogP contribution in [-0.4, -0.2) is 38.2 Å². The number of benzene rings is 1. The van der Waals surface area contributed by atoms with E-state index in [2.05, 4.69) is 24.8 Å². The van der Waals surface area contributed by atoms with Gasteiger partial charge in [0.25, 0.3) is 0 Å². The first-order valence-electron chi connectivity index (χ1n) is 9.21. The first-order valence-corrected chi connectivity index (χ1v) is 9.62. The molecular formula is C21H25N5OS. The van der Waals surface area contributed by atoms with E-state index in [-0.39, 0.29) is 0 Å². The van der Waals surface area contributed by atoms with Crippen LogP contribution in [0.25, 0.3) is 0 Å². The third kappa shape index (κ3) is 5.53. The summed E-state index contributed by atoms with van der Waals surface area (Å²) in [4.78, 5) is 10.4. The molecule has 0 atom stereocenters. The van der Waals surface area contributed by atoms with Gasteiger partial charge in [-0.15, -0.1) is 0 Å². The normalized spacial score (nSPS) is 10.5. The number of pyridine rings is 1.